The molecule has 0 saturated carbocycles. The van der Waals surface area contributed by atoms with E-state index in [4.69, 9.17) is 0 Å². The zero-order valence-corrected chi connectivity index (χ0v) is 17.3. The molecule has 0 spiro atoms. The van der Waals surface area contributed by atoms with Crippen LogP contribution in [0.4, 0.5) is 11.4 Å². The minimum atomic E-state index is -0.924. The summed E-state index contributed by atoms with van der Waals surface area (Å²) >= 11 is 0. The van der Waals surface area contributed by atoms with Crippen LogP contribution in [0.25, 0.3) is 0 Å². The predicted molar refractivity (Wildman–Crippen MR) is 112 cm³/mol. The number of fused-ring (bicyclic) bond motifs is 1. The lowest BCUT2D eigenvalue weighted by molar-refractivity contribution is -0.123. The number of aryl methyl sites for hydroxylation is 4. The lowest BCUT2D eigenvalue weighted by atomic mass is 10.1. The SMILES string of the molecule is Cc1ccc(N2C(=O)[C@H]3N=NN(CC(=O)Nc4c(C)cccc4C)[C@@H]3C2=O)cc1C. The summed E-state index contributed by atoms with van der Waals surface area (Å²) in [7, 11) is 0. The van der Waals surface area contributed by atoms with E-state index in [9.17, 15) is 14.4 Å². The van der Waals surface area contributed by atoms with E-state index in [1.54, 1.807) is 12.1 Å². The van der Waals surface area contributed by atoms with Crippen LogP contribution >= 0.6 is 0 Å². The highest BCUT2D eigenvalue weighted by Gasteiger charge is 2.55. The van der Waals surface area contributed by atoms with Crippen molar-refractivity contribution in [1.82, 2.24) is 5.01 Å². The first-order chi connectivity index (χ1) is 14.3. The zero-order chi connectivity index (χ0) is 21.6. The van der Waals surface area contributed by atoms with E-state index in [0.717, 1.165) is 32.8 Å². The molecule has 0 aliphatic carbocycles. The van der Waals surface area contributed by atoms with Crippen LogP contribution in [0.3, 0.4) is 0 Å². The summed E-state index contributed by atoms with van der Waals surface area (Å²) in [4.78, 5) is 39.7. The summed E-state index contributed by atoms with van der Waals surface area (Å²) in [6.45, 7) is 7.54. The molecule has 1 saturated heterocycles. The minimum Gasteiger partial charge on any atom is -0.324 e. The fraction of sp³-hybridized carbons (Fsp3) is 0.318. The first kappa shape index (κ1) is 19.8. The molecule has 2 heterocycles. The summed E-state index contributed by atoms with van der Waals surface area (Å²) in [5.74, 6) is -1.16. The van der Waals surface area contributed by atoms with E-state index in [1.165, 1.54) is 5.01 Å². The van der Waals surface area contributed by atoms with Gasteiger partial charge in [-0.3, -0.25) is 19.4 Å². The molecular weight excluding hydrogens is 382 g/mol. The number of imide groups is 1. The molecular formula is C22H23N5O3. The second-order valence-corrected chi connectivity index (χ2v) is 7.79. The van der Waals surface area contributed by atoms with Gasteiger partial charge >= 0.3 is 0 Å². The molecule has 0 radical (unpaired) electrons. The van der Waals surface area contributed by atoms with Crippen molar-refractivity contribution in [2.45, 2.75) is 39.8 Å². The van der Waals surface area contributed by atoms with Crippen LogP contribution in [0, 0.1) is 27.7 Å². The summed E-state index contributed by atoms with van der Waals surface area (Å²) in [5.41, 5.74) is 5.19. The van der Waals surface area contributed by atoms with Gasteiger partial charge in [-0.25, -0.2) is 4.90 Å². The van der Waals surface area contributed by atoms with Gasteiger partial charge in [-0.2, -0.15) is 5.11 Å². The van der Waals surface area contributed by atoms with Gasteiger partial charge in [-0.15, -0.1) is 0 Å². The fourth-order valence-electron chi connectivity index (χ4n) is 3.81. The van der Waals surface area contributed by atoms with Crippen molar-refractivity contribution < 1.29 is 14.4 Å². The Morgan fingerprint density at radius 2 is 1.67 bits per heavy atom. The summed E-state index contributed by atoms with van der Waals surface area (Å²) < 4.78 is 0. The van der Waals surface area contributed by atoms with Gasteiger partial charge in [-0.05, 0) is 62.1 Å². The number of nitrogens with zero attached hydrogens (tertiary/aromatic N) is 4. The highest BCUT2D eigenvalue weighted by molar-refractivity contribution is 6.25. The number of hydrogen-bond donors (Lipinski definition) is 1. The molecule has 3 amide bonds. The van der Waals surface area contributed by atoms with Crippen LogP contribution in [0.15, 0.2) is 46.7 Å². The molecule has 2 aromatic carbocycles. The fourth-order valence-corrected chi connectivity index (χ4v) is 3.81. The molecule has 4 rings (SSSR count). The Morgan fingerprint density at radius 1 is 0.967 bits per heavy atom. The van der Waals surface area contributed by atoms with E-state index in [1.807, 2.05) is 52.0 Å². The Bertz CT molecular complexity index is 1070. The quantitative estimate of drug-likeness (QED) is 0.792. The molecule has 2 aromatic rings. The standard InChI is InChI=1S/C22H23N5O3/c1-12-8-9-16(10-15(12)4)27-21(29)19-20(22(27)30)26(25-24-19)11-17(28)23-18-13(2)6-5-7-14(18)3/h5-10,19-20H,11H2,1-4H3,(H,23,28)/t19-,20-/m0/s1. The Labute approximate surface area is 174 Å². The molecule has 0 aromatic heterocycles. The number of nitrogens with one attached hydrogen (secondary N) is 1. The van der Waals surface area contributed by atoms with Crippen LogP contribution in [0.2, 0.25) is 0 Å². The molecule has 1 N–H and O–H groups in total. The van der Waals surface area contributed by atoms with Gasteiger partial charge in [0, 0.05) is 5.69 Å². The first-order valence-electron chi connectivity index (χ1n) is 9.76. The van der Waals surface area contributed by atoms with Crippen molar-refractivity contribution >= 4 is 29.1 Å². The van der Waals surface area contributed by atoms with Crippen LogP contribution in [0.1, 0.15) is 22.3 Å². The number of hydrogen-bond acceptors (Lipinski definition) is 6. The van der Waals surface area contributed by atoms with Crippen molar-refractivity contribution in [3.63, 3.8) is 0 Å². The topological polar surface area (TPSA) is 94.4 Å². The largest absolute Gasteiger partial charge is 0.324 e. The number of anilines is 2. The first-order valence-corrected chi connectivity index (χ1v) is 9.76. The molecule has 0 bridgehead atoms. The highest BCUT2D eigenvalue weighted by Crippen LogP contribution is 2.32. The maximum Gasteiger partial charge on any atom is 0.263 e. The molecule has 8 nitrogen and oxygen atoms in total. The van der Waals surface area contributed by atoms with E-state index < -0.39 is 23.9 Å². The number of para-hydroxylation sites is 1. The van der Waals surface area contributed by atoms with E-state index in [2.05, 4.69) is 15.7 Å². The third-order valence-corrected chi connectivity index (χ3v) is 5.66. The monoisotopic (exact) mass is 405 g/mol. The van der Waals surface area contributed by atoms with Gasteiger partial charge in [0.05, 0.1) is 5.69 Å². The van der Waals surface area contributed by atoms with Crippen LogP contribution in [-0.4, -0.2) is 41.4 Å². The minimum absolute atomic E-state index is 0.168. The van der Waals surface area contributed by atoms with Crippen molar-refractivity contribution in [3.05, 3.63) is 58.7 Å². The molecule has 2 aliphatic heterocycles. The van der Waals surface area contributed by atoms with Gasteiger partial charge in [0.25, 0.3) is 11.8 Å². The lowest BCUT2D eigenvalue weighted by Crippen LogP contribution is -2.43. The molecule has 2 atom stereocenters. The normalized spacial score (nSPS) is 20.1. The van der Waals surface area contributed by atoms with E-state index in [-0.39, 0.29) is 12.5 Å². The smallest absolute Gasteiger partial charge is 0.263 e. The van der Waals surface area contributed by atoms with Crippen LogP contribution < -0.4 is 10.2 Å². The third-order valence-electron chi connectivity index (χ3n) is 5.66. The molecule has 0 unspecified atom stereocenters. The summed E-state index contributed by atoms with van der Waals surface area (Å²) in [6.07, 6.45) is 0. The van der Waals surface area contributed by atoms with Crippen molar-refractivity contribution in [2.75, 3.05) is 16.8 Å². The predicted octanol–water partition coefficient (Wildman–Crippen LogP) is 2.85. The highest BCUT2D eigenvalue weighted by atomic mass is 16.2. The Hall–Kier alpha value is -3.55. The van der Waals surface area contributed by atoms with Gasteiger partial charge in [0.2, 0.25) is 5.91 Å². The van der Waals surface area contributed by atoms with E-state index >= 15 is 0 Å². The summed E-state index contributed by atoms with van der Waals surface area (Å²) in [5, 5.41) is 12.1. The number of rotatable bonds is 4. The van der Waals surface area contributed by atoms with Gasteiger partial charge in [0.1, 0.15) is 6.54 Å². The van der Waals surface area contributed by atoms with Gasteiger partial charge in [-0.1, -0.05) is 29.5 Å². The van der Waals surface area contributed by atoms with Crippen molar-refractivity contribution in [1.29, 1.82) is 0 Å². The lowest BCUT2D eigenvalue weighted by Gasteiger charge is -2.21. The summed E-state index contributed by atoms with van der Waals surface area (Å²) in [6, 6.07) is 9.34. The molecule has 8 heteroatoms. The Balaban J connectivity index is 1.52. The maximum atomic E-state index is 13.1. The average Bonchev–Trinajstić information content (AvgIpc) is 3.21. The van der Waals surface area contributed by atoms with Gasteiger partial charge in [0.15, 0.2) is 12.1 Å². The van der Waals surface area contributed by atoms with Crippen molar-refractivity contribution in [2.24, 2.45) is 10.3 Å². The maximum absolute atomic E-state index is 13.1. The second-order valence-electron chi connectivity index (χ2n) is 7.79. The van der Waals surface area contributed by atoms with Gasteiger partial charge < -0.3 is 5.32 Å². The Morgan fingerprint density at radius 3 is 2.33 bits per heavy atom. The number of carbonyl (C=O) groups excluding carboxylic acids is 3. The molecule has 1 fully saturated rings. The van der Waals surface area contributed by atoms with Crippen LogP contribution in [0.5, 0.6) is 0 Å². The number of amides is 3. The molecule has 2 aliphatic rings. The number of benzene rings is 2. The zero-order valence-electron chi connectivity index (χ0n) is 17.3. The molecule has 154 valence electrons. The molecule has 30 heavy (non-hydrogen) atoms. The number of carbonyl (C=O) groups is 3. The van der Waals surface area contributed by atoms with E-state index in [0.29, 0.717) is 5.69 Å². The van der Waals surface area contributed by atoms with Crippen LogP contribution in [-0.2, 0) is 14.4 Å². The van der Waals surface area contributed by atoms with Crippen molar-refractivity contribution in [3.8, 4) is 0 Å². The third kappa shape index (κ3) is 3.24. The average molecular weight is 405 g/mol. The second kappa shape index (κ2) is 7.37. The Kier molecular flexibility index (Phi) is 4.85.